The summed E-state index contributed by atoms with van der Waals surface area (Å²) in [5.41, 5.74) is 5.74. The zero-order valence-electron chi connectivity index (χ0n) is 10.2. The Kier molecular flexibility index (Phi) is 3.77. The number of aliphatic hydroxyl groups excluding tert-OH is 1. The highest BCUT2D eigenvalue weighted by Crippen LogP contribution is 2.27. The molecule has 0 amide bonds. The highest BCUT2D eigenvalue weighted by atomic mass is 32.2. The van der Waals surface area contributed by atoms with Crippen molar-refractivity contribution < 1.29 is 13.5 Å². The van der Waals surface area contributed by atoms with E-state index in [1.807, 2.05) is 0 Å². The smallest absolute Gasteiger partial charge is 0.154 e. The molecule has 5 nitrogen and oxygen atoms in total. The molecule has 2 aliphatic heterocycles. The Morgan fingerprint density at radius 3 is 2.65 bits per heavy atom. The molecule has 100 valence electrons. The van der Waals surface area contributed by atoms with Gasteiger partial charge in [-0.05, 0) is 31.3 Å². The van der Waals surface area contributed by atoms with Gasteiger partial charge in [0, 0.05) is 6.54 Å². The summed E-state index contributed by atoms with van der Waals surface area (Å²) in [7, 11) is -3.05. The van der Waals surface area contributed by atoms with Gasteiger partial charge in [0.1, 0.15) is 0 Å². The van der Waals surface area contributed by atoms with Crippen LogP contribution in [-0.2, 0) is 9.84 Å². The van der Waals surface area contributed by atoms with Crippen LogP contribution < -0.4 is 5.73 Å². The van der Waals surface area contributed by atoms with E-state index in [1.54, 1.807) is 0 Å². The van der Waals surface area contributed by atoms with Crippen LogP contribution in [0, 0.1) is 11.8 Å². The molecule has 0 aromatic rings. The molecule has 4 atom stereocenters. The van der Waals surface area contributed by atoms with E-state index in [1.165, 1.54) is 0 Å². The molecule has 6 heteroatoms. The van der Waals surface area contributed by atoms with Gasteiger partial charge in [-0.25, -0.2) is 8.42 Å². The summed E-state index contributed by atoms with van der Waals surface area (Å²) in [6.07, 6.45) is 0.303. The molecule has 0 radical (unpaired) electrons. The van der Waals surface area contributed by atoms with Crippen molar-refractivity contribution in [3.05, 3.63) is 0 Å². The minimum atomic E-state index is -3.05. The summed E-state index contributed by atoms with van der Waals surface area (Å²) in [5.74, 6) is 1.02. The predicted octanol–water partition coefficient (Wildman–Crippen LogP) is -0.939. The van der Waals surface area contributed by atoms with Crippen molar-refractivity contribution in [1.29, 1.82) is 0 Å². The van der Waals surface area contributed by atoms with Gasteiger partial charge < -0.3 is 10.8 Å². The predicted molar refractivity (Wildman–Crippen MR) is 66.3 cm³/mol. The molecule has 2 saturated heterocycles. The van der Waals surface area contributed by atoms with Crippen molar-refractivity contribution in [2.75, 3.05) is 31.1 Å². The Labute approximate surface area is 103 Å². The summed E-state index contributed by atoms with van der Waals surface area (Å²) < 4.78 is 23.0. The molecule has 4 unspecified atom stereocenters. The Morgan fingerprint density at radius 1 is 1.41 bits per heavy atom. The lowest BCUT2D eigenvalue weighted by Gasteiger charge is -2.40. The summed E-state index contributed by atoms with van der Waals surface area (Å²) in [4.78, 5) is 2.12. The number of piperidine rings is 1. The van der Waals surface area contributed by atoms with Crippen molar-refractivity contribution in [2.45, 2.75) is 25.5 Å². The van der Waals surface area contributed by atoms with Gasteiger partial charge in [-0.1, -0.05) is 6.92 Å². The van der Waals surface area contributed by atoms with Gasteiger partial charge in [0.05, 0.1) is 23.7 Å². The number of likely N-dealkylation sites (tertiary alicyclic amines) is 1. The molecule has 0 aliphatic carbocycles. The lowest BCUT2D eigenvalue weighted by atomic mass is 9.86. The number of aliphatic hydroxyl groups is 1. The van der Waals surface area contributed by atoms with Crippen LogP contribution >= 0.6 is 0 Å². The molecule has 0 aromatic carbocycles. The van der Waals surface area contributed by atoms with Crippen molar-refractivity contribution in [3.8, 4) is 0 Å². The maximum absolute atomic E-state index is 11.5. The first kappa shape index (κ1) is 13.3. The fourth-order valence-corrected chi connectivity index (χ4v) is 4.78. The number of hydrogen-bond acceptors (Lipinski definition) is 5. The fraction of sp³-hybridized carbons (Fsp3) is 1.00. The van der Waals surface area contributed by atoms with Crippen LogP contribution in [0.1, 0.15) is 13.3 Å². The van der Waals surface area contributed by atoms with Gasteiger partial charge in [-0.15, -0.1) is 0 Å². The third-order valence-corrected chi connectivity index (χ3v) is 5.91. The van der Waals surface area contributed by atoms with Crippen molar-refractivity contribution >= 4 is 9.84 Å². The van der Waals surface area contributed by atoms with Crippen molar-refractivity contribution in [2.24, 2.45) is 17.6 Å². The highest BCUT2D eigenvalue weighted by molar-refractivity contribution is 7.91. The topological polar surface area (TPSA) is 83.6 Å². The Balaban J connectivity index is 2.04. The molecule has 2 fully saturated rings. The van der Waals surface area contributed by atoms with Crippen LogP contribution in [0.4, 0.5) is 0 Å². The molecule has 0 bridgehead atoms. The zero-order chi connectivity index (χ0) is 12.6. The first-order valence-electron chi connectivity index (χ1n) is 6.25. The molecule has 2 rings (SSSR count). The lowest BCUT2D eigenvalue weighted by molar-refractivity contribution is 0.0385. The largest absolute Gasteiger partial charge is 0.390 e. The van der Waals surface area contributed by atoms with E-state index in [4.69, 9.17) is 5.73 Å². The quantitative estimate of drug-likeness (QED) is 0.671. The van der Waals surface area contributed by atoms with E-state index in [0.29, 0.717) is 18.4 Å². The van der Waals surface area contributed by atoms with Gasteiger partial charge in [0.25, 0.3) is 0 Å². The normalized spacial score (nSPS) is 42.8. The first-order chi connectivity index (χ1) is 7.93. The van der Waals surface area contributed by atoms with E-state index in [9.17, 15) is 13.5 Å². The van der Waals surface area contributed by atoms with Gasteiger partial charge in [-0.3, -0.25) is 4.90 Å². The molecule has 17 heavy (non-hydrogen) atoms. The summed E-state index contributed by atoms with van der Waals surface area (Å²) in [6.45, 7) is 4.51. The van der Waals surface area contributed by atoms with E-state index in [0.717, 1.165) is 19.5 Å². The third-order valence-electron chi connectivity index (χ3n) is 4.21. The number of nitrogens with two attached hydrogens (primary N) is 1. The molecule has 3 N–H and O–H groups in total. The zero-order valence-corrected chi connectivity index (χ0v) is 11.1. The standard InChI is InChI=1S/C11H22N2O3S/c1-8-2-3-13(5-9(8)4-12)10-6-17(15,16)7-11(10)14/h8-11,14H,2-7,12H2,1H3. The van der Waals surface area contributed by atoms with E-state index >= 15 is 0 Å². The second-order valence-electron chi connectivity index (χ2n) is 5.47. The monoisotopic (exact) mass is 262 g/mol. The van der Waals surface area contributed by atoms with Gasteiger partial charge >= 0.3 is 0 Å². The van der Waals surface area contributed by atoms with E-state index in [2.05, 4.69) is 11.8 Å². The lowest BCUT2D eigenvalue weighted by Crippen LogP contribution is -2.51. The maximum atomic E-state index is 11.5. The van der Waals surface area contributed by atoms with Crippen LogP contribution in [0.2, 0.25) is 0 Å². The van der Waals surface area contributed by atoms with E-state index < -0.39 is 15.9 Å². The van der Waals surface area contributed by atoms with Crippen LogP contribution in [0.15, 0.2) is 0 Å². The molecular formula is C11H22N2O3S. The fourth-order valence-electron chi connectivity index (χ4n) is 2.94. The van der Waals surface area contributed by atoms with Crippen LogP contribution in [-0.4, -0.2) is 61.7 Å². The third kappa shape index (κ3) is 2.81. The molecule has 0 spiro atoms. The molecule has 0 aromatic heterocycles. The molecular weight excluding hydrogens is 240 g/mol. The van der Waals surface area contributed by atoms with Gasteiger partial charge in [-0.2, -0.15) is 0 Å². The average molecular weight is 262 g/mol. The van der Waals surface area contributed by atoms with Crippen LogP contribution in [0.3, 0.4) is 0 Å². The Morgan fingerprint density at radius 2 is 2.12 bits per heavy atom. The van der Waals surface area contributed by atoms with Crippen LogP contribution in [0.25, 0.3) is 0 Å². The Bertz CT molecular complexity index is 371. The van der Waals surface area contributed by atoms with E-state index in [-0.39, 0.29) is 17.5 Å². The maximum Gasteiger partial charge on any atom is 0.154 e. The minimum absolute atomic E-state index is 0.0863. The summed E-state index contributed by atoms with van der Waals surface area (Å²) >= 11 is 0. The number of sulfone groups is 1. The highest BCUT2D eigenvalue weighted by Gasteiger charge is 2.41. The van der Waals surface area contributed by atoms with Crippen LogP contribution in [0.5, 0.6) is 0 Å². The van der Waals surface area contributed by atoms with Crippen molar-refractivity contribution in [1.82, 2.24) is 4.90 Å². The number of rotatable bonds is 2. The summed E-state index contributed by atoms with van der Waals surface area (Å²) in [6, 6.07) is -0.221. The number of hydrogen-bond donors (Lipinski definition) is 2. The molecule has 2 aliphatic rings. The second-order valence-corrected chi connectivity index (χ2v) is 7.62. The summed E-state index contributed by atoms with van der Waals surface area (Å²) in [5, 5.41) is 9.85. The minimum Gasteiger partial charge on any atom is -0.390 e. The van der Waals surface area contributed by atoms with Gasteiger partial charge in [0.2, 0.25) is 0 Å². The van der Waals surface area contributed by atoms with Gasteiger partial charge in [0.15, 0.2) is 9.84 Å². The van der Waals surface area contributed by atoms with Crippen molar-refractivity contribution in [3.63, 3.8) is 0 Å². The number of nitrogens with zero attached hydrogens (tertiary/aromatic N) is 1. The molecule has 0 saturated carbocycles. The SMILES string of the molecule is CC1CCN(C2CS(=O)(=O)CC2O)CC1CN. The Hall–Kier alpha value is -0.170. The first-order valence-corrected chi connectivity index (χ1v) is 8.07. The average Bonchev–Trinajstić information content (AvgIpc) is 2.53. The second kappa shape index (κ2) is 4.84. The molecule has 2 heterocycles.